The molecule has 2 unspecified atom stereocenters. The first-order valence-corrected chi connectivity index (χ1v) is 13.4. The van der Waals surface area contributed by atoms with E-state index in [1.165, 1.54) is 5.01 Å². The van der Waals surface area contributed by atoms with E-state index in [4.69, 9.17) is 29.1 Å². The molecular weight excluding hydrogens is 570 g/mol. The van der Waals surface area contributed by atoms with E-state index in [0.717, 1.165) is 10.9 Å². The molecule has 2 aromatic rings. The van der Waals surface area contributed by atoms with Gasteiger partial charge in [0.25, 0.3) is 11.8 Å². The zero-order valence-corrected chi connectivity index (χ0v) is 23.1. The molecule has 1 aromatic heterocycles. The number of hydrazine groups is 1. The average molecular weight is 600 g/mol. The molecule has 5 rings (SSSR count). The third-order valence-electron chi connectivity index (χ3n) is 7.53. The van der Waals surface area contributed by atoms with Crippen LogP contribution in [-0.4, -0.2) is 76.2 Å². The minimum atomic E-state index is -1.09. The number of aliphatic imine (C=N–C) groups is 1. The van der Waals surface area contributed by atoms with Crippen molar-refractivity contribution in [3.63, 3.8) is 0 Å². The number of carbonyl (C=O) groups excluding carboxylic acids is 2. The summed E-state index contributed by atoms with van der Waals surface area (Å²) in [5.41, 5.74) is 0.918. The van der Waals surface area contributed by atoms with Crippen LogP contribution in [0.5, 0.6) is 0 Å². The van der Waals surface area contributed by atoms with Crippen molar-refractivity contribution in [3.8, 4) is 0 Å². The Hall–Kier alpha value is -4.52. The average Bonchev–Trinajstić information content (AvgIpc) is 3.53. The number of nitrogens with two attached hydrogens (primary N) is 3. The van der Waals surface area contributed by atoms with Gasteiger partial charge in [-0.15, -0.1) is 10.2 Å². The molecule has 1 aromatic carbocycles. The predicted molar refractivity (Wildman–Crippen MR) is 152 cm³/mol. The van der Waals surface area contributed by atoms with Gasteiger partial charge in [-0.05, 0) is 31.0 Å². The Kier molecular flexibility index (Phi) is 8.39. The fourth-order valence-corrected chi connectivity index (χ4v) is 5.65. The molecule has 3 aliphatic rings. The highest BCUT2D eigenvalue weighted by molar-refractivity contribution is 6.43. The first-order chi connectivity index (χ1) is 20.3. The van der Waals surface area contributed by atoms with Crippen LogP contribution < -0.4 is 33.5 Å². The van der Waals surface area contributed by atoms with Gasteiger partial charge in [-0.25, -0.2) is 10.0 Å². The normalized spacial score (nSPS) is 22.7. The maximum Gasteiger partial charge on any atom is 0.272 e. The van der Waals surface area contributed by atoms with E-state index in [9.17, 15) is 14.5 Å². The van der Waals surface area contributed by atoms with Crippen molar-refractivity contribution in [3.05, 3.63) is 51.9 Å². The molecule has 3 aliphatic heterocycles. The number of nitrogens with zero attached hydrogens (tertiary/aromatic N) is 9. The smallest absolute Gasteiger partial charge is 0.272 e. The first kappa shape index (κ1) is 29.0. The van der Waals surface area contributed by atoms with Crippen LogP contribution in [0.3, 0.4) is 0 Å². The van der Waals surface area contributed by atoms with Gasteiger partial charge in [0.05, 0.1) is 6.54 Å². The number of rotatable bonds is 8. The van der Waals surface area contributed by atoms with Gasteiger partial charge in [-0.2, -0.15) is 4.91 Å². The second-order valence-corrected chi connectivity index (χ2v) is 10.4. The molecule has 0 radical (unpaired) electrons. The van der Waals surface area contributed by atoms with Crippen LogP contribution in [0.2, 0.25) is 0 Å². The summed E-state index contributed by atoms with van der Waals surface area (Å²) >= 11 is 6.10. The van der Waals surface area contributed by atoms with Crippen LogP contribution in [-0.2, 0) is 11.3 Å². The zero-order chi connectivity index (χ0) is 29.9. The monoisotopic (exact) mass is 599 g/mol. The summed E-state index contributed by atoms with van der Waals surface area (Å²) in [6.45, 7) is 2.01. The van der Waals surface area contributed by atoms with Crippen LogP contribution in [0.1, 0.15) is 23.2 Å². The Balaban J connectivity index is 1.24. The number of halogens is 1. The van der Waals surface area contributed by atoms with Crippen molar-refractivity contribution in [2.75, 3.05) is 26.2 Å². The number of carbonyl (C=O) groups is 2. The topological polar surface area (TPSA) is 251 Å². The molecule has 19 heteroatoms. The van der Waals surface area contributed by atoms with Crippen LogP contribution in [0.15, 0.2) is 72.3 Å². The summed E-state index contributed by atoms with van der Waals surface area (Å²) < 4.78 is 1.91. The Morgan fingerprint density at radius 1 is 1.19 bits per heavy atom. The molecule has 2 atom stereocenters. The van der Waals surface area contributed by atoms with Crippen molar-refractivity contribution < 1.29 is 9.59 Å². The number of fused-ring (bicyclic) bond motifs is 1. The summed E-state index contributed by atoms with van der Waals surface area (Å²) in [4.78, 5) is 43.1. The highest BCUT2D eigenvalue weighted by Crippen LogP contribution is 2.30. The Morgan fingerprint density at radius 3 is 2.69 bits per heavy atom. The predicted octanol–water partition coefficient (Wildman–Crippen LogP) is -0.0513. The molecule has 9 N–H and O–H groups in total. The van der Waals surface area contributed by atoms with Crippen LogP contribution >= 0.6 is 11.6 Å². The standard InChI is InChI=1S/C23H30ClN15O3/c24-17-19(34-36-26)30-18(33-35-25)16(29-17)20(40)31-22-32-23(12-39(22)27)5-9-38(10-6-23)21(41)14-2-1-3-15-13(14)4-8-37(15)11-7-28-42/h1-4,8,18,22,30,32H,5-7,9-12,27H2,(H2,25,33)(H2,26,34)(H,31,40). The van der Waals surface area contributed by atoms with Crippen LogP contribution in [0, 0.1) is 4.91 Å². The molecule has 0 aliphatic carbocycles. The number of piperidine rings is 1. The van der Waals surface area contributed by atoms with E-state index in [1.54, 1.807) is 0 Å². The molecule has 222 valence electrons. The number of likely N-dealkylation sites (tertiary alicyclic amines) is 1. The largest absolute Gasteiger partial charge is 0.345 e. The number of benzene rings is 1. The fourth-order valence-electron chi connectivity index (χ4n) is 5.47. The minimum absolute atomic E-state index is 0.00294. The van der Waals surface area contributed by atoms with E-state index in [1.807, 2.05) is 39.9 Å². The van der Waals surface area contributed by atoms with E-state index in [-0.39, 0.29) is 29.1 Å². The number of aromatic nitrogens is 1. The van der Waals surface area contributed by atoms with Gasteiger partial charge in [-0.3, -0.25) is 20.7 Å². The molecule has 2 amide bonds. The molecular formula is C23H30ClN15O3. The molecule has 2 fully saturated rings. The minimum Gasteiger partial charge on any atom is -0.345 e. The second-order valence-electron chi connectivity index (χ2n) is 10.00. The molecule has 2 saturated heterocycles. The number of nitroso groups, excluding NO2 is 1. The third kappa shape index (κ3) is 5.64. The number of hydrogen-bond donors (Lipinski definition) is 6. The molecule has 18 nitrogen and oxygen atoms in total. The van der Waals surface area contributed by atoms with Gasteiger partial charge < -0.3 is 31.8 Å². The Labute approximate surface area is 244 Å². The lowest BCUT2D eigenvalue weighted by Crippen LogP contribution is -2.59. The Bertz CT molecular complexity index is 1490. The van der Waals surface area contributed by atoms with Crippen LogP contribution in [0.25, 0.3) is 10.9 Å². The van der Waals surface area contributed by atoms with E-state index in [0.29, 0.717) is 44.6 Å². The highest BCUT2D eigenvalue weighted by Gasteiger charge is 2.46. The van der Waals surface area contributed by atoms with E-state index < -0.39 is 23.9 Å². The third-order valence-corrected chi connectivity index (χ3v) is 7.79. The van der Waals surface area contributed by atoms with Crippen molar-refractivity contribution >= 4 is 40.0 Å². The van der Waals surface area contributed by atoms with Gasteiger partial charge in [0, 0.05) is 54.4 Å². The van der Waals surface area contributed by atoms with E-state index >= 15 is 0 Å². The number of amides is 2. The van der Waals surface area contributed by atoms with Gasteiger partial charge in [0.2, 0.25) is 0 Å². The second kappa shape index (κ2) is 12.1. The molecule has 4 heterocycles. The van der Waals surface area contributed by atoms with Gasteiger partial charge in [0.1, 0.15) is 6.29 Å². The lowest BCUT2D eigenvalue weighted by molar-refractivity contribution is -0.116. The van der Waals surface area contributed by atoms with Crippen molar-refractivity contribution in [1.82, 2.24) is 30.4 Å². The molecule has 0 saturated carbocycles. The van der Waals surface area contributed by atoms with Gasteiger partial charge >= 0.3 is 0 Å². The quantitative estimate of drug-likeness (QED) is 0.0780. The molecule has 1 spiro atoms. The fraction of sp³-hybridized carbons (Fsp3) is 0.435. The van der Waals surface area contributed by atoms with Crippen molar-refractivity contribution in [2.24, 2.45) is 48.4 Å². The van der Waals surface area contributed by atoms with Crippen molar-refractivity contribution in [2.45, 2.75) is 37.4 Å². The highest BCUT2D eigenvalue weighted by atomic mass is 35.5. The van der Waals surface area contributed by atoms with E-state index in [2.05, 4.69) is 46.8 Å². The van der Waals surface area contributed by atoms with Gasteiger partial charge in [0.15, 0.2) is 22.9 Å². The summed E-state index contributed by atoms with van der Waals surface area (Å²) in [7, 11) is 0. The Morgan fingerprint density at radius 2 is 1.98 bits per heavy atom. The summed E-state index contributed by atoms with van der Waals surface area (Å²) in [6.07, 6.45) is 1.25. The lowest BCUT2D eigenvalue weighted by atomic mass is 9.88. The molecule has 0 bridgehead atoms. The number of nitrogens with one attached hydrogen (secondary N) is 3. The summed E-state index contributed by atoms with van der Waals surface area (Å²) in [5.74, 6) is 15.9. The van der Waals surface area contributed by atoms with Crippen molar-refractivity contribution in [1.29, 1.82) is 0 Å². The molecule has 42 heavy (non-hydrogen) atoms. The maximum atomic E-state index is 13.5. The summed E-state index contributed by atoms with van der Waals surface area (Å²) in [5, 5.41) is 27.8. The van der Waals surface area contributed by atoms with Gasteiger partial charge in [-0.1, -0.05) is 33.3 Å². The first-order valence-electron chi connectivity index (χ1n) is 13.0. The zero-order valence-electron chi connectivity index (χ0n) is 22.4. The number of hydrogen-bond acceptors (Lipinski definition) is 13. The maximum absolute atomic E-state index is 13.5. The SMILES string of the molecule is NN=NC1=C(Cl)N=C(C(=O)NC2NC3(CCN(C(=O)c4cccc5c4ccn5CCN=O)CC3)CN2N)C(N=NN)N1. The summed E-state index contributed by atoms with van der Waals surface area (Å²) in [6, 6.07) is 7.44. The van der Waals surface area contributed by atoms with Crippen LogP contribution in [0.4, 0.5) is 0 Å². The lowest BCUT2D eigenvalue weighted by Gasteiger charge is -2.39.